The summed E-state index contributed by atoms with van der Waals surface area (Å²) in [4.78, 5) is 22.6. The van der Waals surface area contributed by atoms with Crippen molar-refractivity contribution in [2.75, 3.05) is 13.2 Å². The van der Waals surface area contributed by atoms with Crippen LogP contribution in [0, 0.1) is 5.92 Å². The third-order valence-corrected chi connectivity index (χ3v) is 5.12. The zero-order valence-electron chi connectivity index (χ0n) is 16.9. The van der Waals surface area contributed by atoms with Gasteiger partial charge in [0.05, 0.1) is 24.9 Å². The van der Waals surface area contributed by atoms with Gasteiger partial charge in [0.2, 0.25) is 11.8 Å². The number of amides is 1. The number of halogens is 4. The van der Waals surface area contributed by atoms with E-state index in [2.05, 4.69) is 20.3 Å². The first kappa shape index (κ1) is 23.2. The fourth-order valence-corrected chi connectivity index (χ4v) is 3.37. The van der Waals surface area contributed by atoms with Crippen LogP contribution in [-0.4, -0.2) is 46.2 Å². The Labute approximate surface area is 182 Å². The summed E-state index contributed by atoms with van der Waals surface area (Å²) in [6.07, 6.45) is 0.0784. The van der Waals surface area contributed by atoms with E-state index in [1.54, 1.807) is 0 Å². The van der Waals surface area contributed by atoms with Crippen LogP contribution < -0.4 is 10.1 Å². The molecule has 31 heavy (non-hydrogen) atoms. The van der Waals surface area contributed by atoms with Crippen LogP contribution in [0.3, 0.4) is 0 Å². The molecule has 1 saturated carbocycles. The molecule has 2 heterocycles. The number of carbonyl (C=O) groups is 1. The van der Waals surface area contributed by atoms with Crippen molar-refractivity contribution < 1.29 is 27.4 Å². The zero-order chi connectivity index (χ0) is 22.6. The predicted octanol–water partition coefficient (Wildman–Crippen LogP) is 3.91. The van der Waals surface area contributed by atoms with Gasteiger partial charge in [0.1, 0.15) is 5.02 Å². The van der Waals surface area contributed by atoms with Gasteiger partial charge in [-0.2, -0.15) is 13.2 Å². The molecule has 7 nitrogen and oxygen atoms in total. The number of ether oxygens (including phenoxy) is 2. The van der Waals surface area contributed by atoms with Gasteiger partial charge in [-0.3, -0.25) is 4.79 Å². The van der Waals surface area contributed by atoms with Crippen molar-refractivity contribution in [1.82, 2.24) is 20.3 Å². The molecule has 1 amide bonds. The fraction of sp³-hybridized carbons (Fsp3) is 0.500. The third-order valence-electron chi connectivity index (χ3n) is 4.76. The summed E-state index contributed by atoms with van der Waals surface area (Å²) >= 11 is 6.32. The second kappa shape index (κ2) is 9.78. The van der Waals surface area contributed by atoms with Crippen molar-refractivity contribution in [1.29, 1.82) is 0 Å². The zero-order valence-corrected chi connectivity index (χ0v) is 17.7. The minimum Gasteiger partial charge on any atom is -0.476 e. The number of aromatic nitrogens is 3. The number of nitrogens with zero attached hydrogens (tertiary/aromatic N) is 3. The lowest BCUT2D eigenvalue weighted by Crippen LogP contribution is -2.40. The van der Waals surface area contributed by atoms with E-state index < -0.39 is 11.7 Å². The van der Waals surface area contributed by atoms with E-state index in [0.29, 0.717) is 31.2 Å². The maximum absolute atomic E-state index is 12.7. The van der Waals surface area contributed by atoms with Crippen LogP contribution in [0.1, 0.15) is 32.3 Å². The topological polar surface area (TPSA) is 86.2 Å². The van der Waals surface area contributed by atoms with E-state index in [1.807, 2.05) is 6.92 Å². The summed E-state index contributed by atoms with van der Waals surface area (Å²) in [5.74, 6) is 0.399. The molecule has 1 aliphatic carbocycles. The van der Waals surface area contributed by atoms with Gasteiger partial charge in [0, 0.05) is 37.1 Å². The van der Waals surface area contributed by atoms with Gasteiger partial charge in [-0.05, 0) is 31.7 Å². The van der Waals surface area contributed by atoms with Crippen LogP contribution >= 0.6 is 11.6 Å². The van der Waals surface area contributed by atoms with E-state index in [-0.39, 0.29) is 40.7 Å². The van der Waals surface area contributed by atoms with Crippen LogP contribution in [0.2, 0.25) is 5.02 Å². The van der Waals surface area contributed by atoms with Crippen molar-refractivity contribution in [3.05, 3.63) is 35.2 Å². The lowest BCUT2D eigenvalue weighted by molar-refractivity contribution is -0.138. The maximum atomic E-state index is 12.7. The Balaban J connectivity index is 1.51. The summed E-state index contributed by atoms with van der Waals surface area (Å²) in [5, 5.41) is 2.90. The first-order valence-corrected chi connectivity index (χ1v) is 10.1. The molecule has 1 N–H and O–H groups in total. The Kier molecular flexibility index (Phi) is 7.32. The minimum absolute atomic E-state index is 0.0500. The molecule has 0 aliphatic heterocycles. The van der Waals surface area contributed by atoms with Crippen LogP contribution in [-0.2, 0) is 15.7 Å². The predicted molar refractivity (Wildman–Crippen MR) is 107 cm³/mol. The molecule has 2 aromatic rings. The van der Waals surface area contributed by atoms with Gasteiger partial charge in [-0.25, -0.2) is 15.0 Å². The molecule has 11 heteroatoms. The molecule has 1 atom stereocenters. The average molecular weight is 459 g/mol. The molecule has 2 aromatic heterocycles. The highest BCUT2D eigenvalue weighted by Crippen LogP contribution is 2.35. The number of pyridine rings is 1. The molecular formula is C20H22ClF3N4O3. The van der Waals surface area contributed by atoms with Gasteiger partial charge in [-0.15, -0.1) is 0 Å². The number of rotatable bonds is 8. The molecule has 0 unspecified atom stereocenters. The molecule has 0 aromatic carbocycles. The molecule has 0 bridgehead atoms. The second-order valence-electron chi connectivity index (χ2n) is 7.48. The van der Waals surface area contributed by atoms with Gasteiger partial charge < -0.3 is 14.8 Å². The van der Waals surface area contributed by atoms with Crippen molar-refractivity contribution in [3.8, 4) is 17.3 Å². The first-order chi connectivity index (χ1) is 14.6. The van der Waals surface area contributed by atoms with Gasteiger partial charge in [0.25, 0.3) is 0 Å². The fourth-order valence-electron chi connectivity index (χ4n) is 3.12. The van der Waals surface area contributed by atoms with E-state index in [4.69, 9.17) is 21.1 Å². The molecule has 3 rings (SSSR count). The quantitative estimate of drug-likeness (QED) is 0.645. The average Bonchev–Trinajstić information content (AvgIpc) is 2.66. The highest BCUT2D eigenvalue weighted by molar-refractivity contribution is 6.34. The van der Waals surface area contributed by atoms with Crippen LogP contribution in [0.4, 0.5) is 13.2 Å². The van der Waals surface area contributed by atoms with E-state index in [0.717, 1.165) is 12.8 Å². The molecule has 168 valence electrons. The minimum atomic E-state index is -4.51. The normalized spacial score (nSPS) is 19.4. The smallest absolute Gasteiger partial charge is 0.419 e. The van der Waals surface area contributed by atoms with Crippen LogP contribution in [0.5, 0.6) is 5.88 Å². The van der Waals surface area contributed by atoms with E-state index in [1.165, 1.54) is 19.2 Å². The summed E-state index contributed by atoms with van der Waals surface area (Å²) < 4.78 is 49.5. The van der Waals surface area contributed by atoms with Crippen molar-refractivity contribution in [3.63, 3.8) is 0 Å². The highest BCUT2D eigenvalue weighted by atomic mass is 35.5. The van der Waals surface area contributed by atoms with Crippen molar-refractivity contribution >= 4 is 17.5 Å². The molecule has 0 radical (unpaired) electrons. The number of carbonyl (C=O) groups excluding carboxylic acids is 1. The monoisotopic (exact) mass is 458 g/mol. The third kappa shape index (κ3) is 6.27. The van der Waals surface area contributed by atoms with Crippen LogP contribution in [0.25, 0.3) is 11.4 Å². The van der Waals surface area contributed by atoms with Gasteiger partial charge in [-0.1, -0.05) is 11.6 Å². The Morgan fingerprint density at radius 2 is 1.97 bits per heavy atom. The molecule has 0 saturated heterocycles. The second-order valence-corrected chi connectivity index (χ2v) is 7.85. The number of alkyl halides is 3. The van der Waals surface area contributed by atoms with Crippen LogP contribution in [0.15, 0.2) is 24.7 Å². The molecule has 0 spiro atoms. The van der Waals surface area contributed by atoms with Gasteiger partial charge >= 0.3 is 6.18 Å². The Morgan fingerprint density at radius 1 is 1.29 bits per heavy atom. The molecule has 1 aliphatic rings. The lowest BCUT2D eigenvalue weighted by atomic mass is 9.83. The highest BCUT2D eigenvalue weighted by Gasteiger charge is 2.32. The SMILES string of the molecule is CC(=O)N[C@@H](C)CO[C@H]1C[C@H](COc2nccc(-c3ncc(C(F)(F)F)cn3)c2Cl)C1. The van der Waals surface area contributed by atoms with E-state index in [9.17, 15) is 18.0 Å². The number of nitrogens with one attached hydrogen (secondary N) is 1. The first-order valence-electron chi connectivity index (χ1n) is 9.69. The summed E-state index contributed by atoms with van der Waals surface area (Å²) in [7, 11) is 0. The Hall–Kier alpha value is -2.46. The summed E-state index contributed by atoms with van der Waals surface area (Å²) in [6.45, 7) is 4.16. The van der Waals surface area contributed by atoms with Crippen molar-refractivity contribution in [2.24, 2.45) is 5.92 Å². The molecular weight excluding hydrogens is 437 g/mol. The Bertz CT molecular complexity index is 906. The number of hydrogen-bond donors (Lipinski definition) is 1. The Morgan fingerprint density at radius 3 is 2.58 bits per heavy atom. The summed E-state index contributed by atoms with van der Waals surface area (Å²) in [6, 6.07) is 1.47. The largest absolute Gasteiger partial charge is 0.476 e. The maximum Gasteiger partial charge on any atom is 0.419 e. The number of hydrogen-bond acceptors (Lipinski definition) is 6. The van der Waals surface area contributed by atoms with Crippen molar-refractivity contribution in [2.45, 2.75) is 45.0 Å². The summed E-state index contributed by atoms with van der Waals surface area (Å²) in [5.41, 5.74) is -0.603. The van der Waals surface area contributed by atoms with E-state index >= 15 is 0 Å². The lowest BCUT2D eigenvalue weighted by Gasteiger charge is -2.35. The van der Waals surface area contributed by atoms with Gasteiger partial charge in [0.15, 0.2) is 5.82 Å². The molecule has 1 fully saturated rings. The standard InChI is InChI=1S/C20H22ClF3N4O3/c1-11(28-12(2)29)9-30-15-5-13(6-15)10-31-19-17(21)16(3-4-25-19)18-26-7-14(8-27-18)20(22,23)24/h3-4,7-8,11,13,15H,5-6,9-10H2,1-2H3,(H,28,29)/t11-,13-,15-/m0/s1.